The van der Waals surface area contributed by atoms with Crippen molar-refractivity contribution in [3.05, 3.63) is 227 Å². The first-order valence-corrected chi connectivity index (χ1v) is 26.5. The van der Waals surface area contributed by atoms with E-state index in [-0.39, 0.29) is 35.0 Å². The Kier molecular flexibility index (Phi) is 17.7. The molecule has 2 fully saturated rings. The van der Waals surface area contributed by atoms with Gasteiger partial charge in [-0.2, -0.15) is 5.26 Å². The van der Waals surface area contributed by atoms with Gasteiger partial charge in [0.05, 0.1) is 66.3 Å². The van der Waals surface area contributed by atoms with Gasteiger partial charge in [-0.25, -0.2) is 28.1 Å². The third-order valence-corrected chi connectivity index (χ3v) is 13.8. The molecule has 6 heterocycles. The Morgan fingerprint density at radius 1 is 0.568 bits per heavy atom. The van der Waals surface area contributed by atoms with Crippen molar-refractivity contribution in [2.75, 3.05) is 62.4 Å². The van der Waals surface area contributed by atoms with E-state index in [2.05, 4.69) is 61.8 Å². The minimum atomic E-state index is -1.05. The fourth-order valence-corrected chi connectivity index (χ4v) is 10.0. The number of halogens is 3. The van der Waals surface area contributed by atoms with E-state index in [1.807, 2.05) is 81.1 Å². The molecule has 11 rings (SSSR count). The Hall–Kier alpha value is -9.12. The van der Waals surface area contributed by atoms with Gasteiger partial charge in [-0.3, -0.25) is 28.1 Å². The summed E-state index contributed by atoms with van der Waals surface area (Å²) in [6, 6.07) is 36.2. The van der Waals surface area contributed by atoms with Crippen LogP contribution in [0.3, 0.4) is 0 Å². The number of aromatic nitrogens is 7. The van der Waals surface area contributed by atoms with Crippen LogP contribution >= 0.6 is 0 Å². The Labute approximate surface area is 466 Å². The van der Waals surface area contributed by atoms with E-state index in [1.54, 1.807) is 40.3 Å². The van der Waals surface area contributed by atoms with Crippen LogP contribution in [0.25, 0.3) is 28.0 Å². The number of fused-ring (bicyclic) bond motifs is 1. The molecule has 0 radical (unpaired) electrons. The standard InChI is InChI=1S/C23H20N4O.C22H20F3N3O3.C17H21N3O2/c1-16-12-23(28)27(17(2)25-16)21-7-6-20-9-11-26(22(20)14-21)10-8-18-4-3-5-19(13-18)15-24;1-14-10-22(29)28(21(26-14)13-31-16-3-4-17(23)18(24)12-16)15-2-5-20(19(25)11-15)27-6-8-30-9-7-27;1-12-10-15(20-14(3)18-13(2)11-17(20)21)4-5-16(12)19-6-8-22-9-7-19/h3-7,9,11-14H,8,10H2,1-2H3;2-5,10-12H,6-9,13H2,1H3;4-5,10-11H,6-9H2,1-3H3. The van der Waals surface area contributed by atoms with E-state index in [1.165, 1.54) is 28.5 Å². The molecule has 0 unspecified atom stereocenters. The first-order valence-electron chi connectivity index (χ1n) is 26.5. The molecule has 0 atom stereocenters. The number of anilines is 2. The number of hydrogen-bond donors (Lipinski definition) is 0. The summed E-state index contributed by atoms with van der Waals surface area (Å²) in [6.45, 7) is 17.2. The van der Waals surface area contributed by atoms with Crippen LogP contribution < -0.4 is 31.2 Å². The summed E-state index contributed by atoms with van der Waals surface area (Å²) in [5.74, 6) is -0.844. The highest BCUT2D eigenvalue weighted by atomic mass is 19.2. The predicted molar refractivity (Wildman–Crippen MR) is 305 cm³/mol. The summed E-state index contributed by atoms with van der Waals surface area (Å²) in [7, 11) is 0. The Morgan fingerprint density at radius 2 is 1.14 bits per heavy atom. The zero-order valence-electron chi connectivity index (χ0n) is 46.0. The molecule has 0 N–H and O–H groups in total. The Bertz CT molecular complexity index is 3990. The second-order valence-corrected chi connectivity index (χ2v) is 19.7. The summed E-state index contributed by atoms with van der Waals surface area (Å²) in [6.07, 6.45) is 2.89. The smallest absolute Gasteiger partial charge is 0.258 e. The van der Waals surface area contributed by atoms with Crippen molar-refractivity contribution >= 4 is 22.3 Å². The summed E-state index contributed by atoms with van der Waals surface area (Å²) < 4.78 is 64.3. The second kappa shape index (κ2) is 25.3. The van der Waals surface area contributed by atoms with Crippen LogP contribution in [0.5, 0.6) is 5.75 Å². The molecule has 0 saturated carbocycles. The maximum Gasteiger partial charge on any atom is 0.258 e. The molecular weight excluding hydrogens is 1040 g/mol. The highest BCUT2D eigenvalue weighted by molar-refractivity contribution is 5.82. The second-order valence-electron chi connectivity index (χ2n) is 19.7. The van der Waals surface area contributed by atoms with Gasteiger partial charge in [0, 0.05) is 92.0 Å². The molecule has 0 amide bonds. The first-order chi connectivity index (χ1) is 39.0. The average Bonchev–Trinajstić information content (AvgIpc) is 4.12. The average molecular weight is 1100 g/mol. The molecular formula is C62H61F3N10O6. The quantitative estimate of drug-likeness (QED) is 0.121. The summed E-state index contributed by atoms with van der Waals surface area (Å²) in [4.78, 5) is 54.8. The maximum atomic E-state index is 14.9. The van der Waals surface area contributed by atoms with Gasteiger partial charge in [0.15, 0.2) is 17.5 Å². The zero-order chi connectivity index (χ0) is 57.3. The Morgan fingerprint density at radius 3 is 1.73 bits per heavy atom. The predicted octanol–water partition coefficient (Wildman–Crippen LogP) is 9.29. The largest absolute Gasteiger partial charge is 0.486 e. The molecule has 0 aliphatic carbocycles. The van der Waals surface area contributed by atoms with Gasteiger partial charge in [0.1, 0.15) is 29.8 Å². The van der Waals surface area contributed by atoms with Crippen LogP contribution in [-0.2, 0) is 29.0 Å². The van der Waals surface area contributed by atoms with Gasteiger partial charge >= 0.3 is 0 Å². The van der Waals surface area contributed by atoms with Crippen LogP contribution in [0.4, 0.5) is 24.5 Å². The van der Waals surface area contributed by atoms with Gasteiger partial charge in [0.2, 0.25) is 0 Å². The van der Waals surface area contributed by atoms with E-state index < -0.39 is 23.0 Å². The lowest BCUT2D eigenvalue weighted by atomic mass is 10.1. The Balaban J connectivity index is 0.000000149. The highest BCUT2D eigenvalue weighted by Gasteiger charge is 2.19. The van der Waals surface area contributed by atoms with Gasteiger partial charge in [-0.1, -0.05) is 18.2 Å². The van der Waals surface area contributed by atoms with Gasteiger partial charge in [-0.05, 0) is 137 Å². The van der Waals surface area contributed by atoms with Crippen LogP contribution in [0.15, 0.2) is 142 Å². The molecule has 0 spiro atoms. The first kappa shape index (κ1) is 56.6. The molecule has 9 aromatic rings. The number of benzene rings is 5. The van der Waals surface area contributed by atoms with Crippen molar-refractivity contribution in [1.82, 2.24) is 33.2 Å². The maximum absolute atomic E-state index is 14.9. The molecule has 16 nitrogen and oxygen atoms in total. The van der Waals surface area contributed by atoms with Crippen LogP contribution in [0, 0.1) is 70.3 Å². The van der Waals surface area contributed by atoms with Crippen molar-refractivity contribution in [3.63, 3.8) is 0 Å². The molecule has 81 heavy (non-hydrogen) atoms. The number of ether oxygens (including phenoxy) is 3. The number of morpholine rings is 2. The summed E-state index contributed by atoms with van der Waals surface area (Å²) >= 11 is 0. The van der Waals surface area contributed by atoms with Crippen LogP contribution in [-0.4, -0.2) is 85.8 Å². The highest BCUT2D eigenvalue weighted by Crippen LogP contribution is 2.27. The number of hydrogen-bond acceptors (Lipinski definition) is 12. The zero-order valence-corrected chi connectivity index (χ0v) is 46.0. The van der Waals surface area contributed by atoms with E-state index in [0.717, 1.165) is 96.2 Å². The van der Waals surface area contributed by atoms with E-state index in [0.29, 0.717) is 54.9 Å². The lowest BCUT2D eigenvalue weighted by Gasteiger charge is -2.30. The third-order valence-electron chi connectivity index (χ3n) is 13.8. The van der Waals surface area contributed by atoms with Gasteiger partial charge in [-0.15, -0.1) is 0 Å². The fourth-order valence-electron chi connectivity index (χ4n) is 10.0. The van der Waals surface area contributed by atoms with Crippen molar-refractivity contribution < 1.29 is 27.4 Å². The molecule has 0 bridgehead atoms. The van der Waals surface area contributed by atoms with Crippen LogP contribution in [0.2, 0.25) is 0 Å². The SMILES string of the molecule is Cc1cc(=O)n(-c2ccc(N3CCOCC3)c(C)c2)c(C)n1.Cc1cc(=O)n(-c2ccc(N3CCOCC3)c(F)c2)c(COc2ccc(F)c(F)c2)n1.Cc1cc(=O)n(-c2ccc3ccn(CCc4cccc(C#N)c4)c3c2)c(C)n1. The molecule has 4 aromatic heterocycles. The third kappa shape index (κ3) is 13.5. The van der Waals surface area contributed by atoms with E-state index in [9.17, 15) is 27.6 Å². The molecule has 2 aliphatic heterocycles. The number of rotatable bonds is 11. The molecule has 19 heteroatoms. The van der Waals surface area contributed by atoms with E-state index >= 15 is 0 Å². The van der Waals surface area contributed by atoms with Crippen molar-refractivity contribution in [2.24, 2.45) is 0 Å². The molecule has 5 aromatic carbocycles. The van der Waals surface area contributed by atoms with Gasteiger partial charge in [0.25, 0.3) is 16.7 Å². The number of nitriles is 1. The normalized spacial score (nSPS) is 13.2. The molecule has 2 saturated heterocycles. The lowest BCUT2D eigenvalue weighted by molar-refractivity contribution is 0.122. The number of nitrogens with zero attached hydrogens (tertiary/aromatic N) is 10. The number of aryl methyl sites for hydroxylation is 8. The minimum Gasteiger partial charge on any atom is -0.486 e. The molecule has 416 valence electrons. The fraction of sp³-hybridized carbons (Fsp3) is 0.274. The molecule has 2 aliphatic rings. The van der Waals surface area contributed by atoms with Gasteiger partial charge < -0.3 is 28.6 Å². The van der Waals surface area contributed by atoms with Crippen molar-refractivity contribution in [2.45, 2.75) is 61.1 Å². The lowest BCUT2D eigenvalue weighted by Crippen LogP contribution is -2.36. The van der Waals surface area contributed by atoms with E-state index in [4.69, 9.17) is 19.5 Å². The summed E-state index contributed by atoms with van der Waals surface area (Å²) in [5.41, 5.74) is 9.05. The minimum absolute atomic E-state index is 0.0384. The monoisotopic (exact) mass is 1100 g/mol. The summed E-state index contributed by atoms with van der Waals surface area (Å²) in [5, 5.41) is 10.2. The van der Waals surface area contributed by atoms with Crippen molar-refractivity contribution in [3.8, 4) is 28.9 Å². The van der Waals surface area contributed by atoms with Crippen molar-refractivity contribution in [1.29, 1.82) is 5.26 Å². The topological polar surface area (TPSA) is 168 Å². The van der Waals surface area contributed by atoms with Crippen LogP contribution in [0.1, 0.15) is 51.2 Å².